The molecule has 0 saturated heterocycles. The second-order valence-corrected chi connectivity index (χ2v) is 10.3. The Morgan fingerprint density at radius 1 is 0.902 bits per heavy atom. The quantitative estimate of drug-likeness (QED) is 0.0847. The van der Waals surface area contributed by atoms with Crippen LogP contribution in [0, 0.1) is 6.92 Å². The molecule has 0 atom stereocenters. The van der Waals surface area contributed by atoms with Crippen LogP contribution in [0.1, 0.15) is 32.0 Å². The van der Waals surface area contributed by atoms with Gasteiger partial charge in [0.1, 0.15) is 5.69 Å². The molecule has 0 bridgehead atoms. The highest BCUT2D eigenvalue weighted by Crippen LogP contribution is 2.37. The van der Waals surface area contributed by atoms with Crippen LogP contribution in [0.25, 0.3) is 22.0 Å². The SMILES string of the molecule is COc1cc(C=NNC(=O)c2[nH]c3ccc(C)cc3c2-c2ccccc2Cl)ccc1OC(=O)c1ccc(Cl)cc1Cl. The molecule has 5 rings (SSSR count). The van der Waals surface area contributed by atoms with Gasteiger partial charge in [-0.3, -0.25) is 4.79 Å². The Morgan fingerprint density at radius 3 is 2.46 bits per heavy atom. The van der Waals surface area contributed by atoms with E-state index in [4.69, 9.17) is 44.3 Å². The van der Waals surface area contributed by atoms with E-state index in [1.165, 1.54) is 25.5 Å². The lowest BCUT2D eigenvalue weighted by molar-refractivity contribution is 0.0729. The molecule has 41 heavy (non-hydrogen) atoms. The maximum Gasteiger partial charge on any atom is 0.345 e. The van der Waals surface area contributed by atoms with Crippen LogP contribution in [0.3, 0.4) is 0 Å². The molecule has 0 unspecified atom stereocenters. The molecule has 0 aliphatic carbocycles. The van der Waals surface area contributed by atoms with Gasteiger partial charge in [0, 0.05) is 32.1 Å². The first-order valence-corrected chi connectivity index (χ1v) is 13.4. The minimum atomic E-state index is -0.665. The number of rotatable bonds is 7. The molecular weight excluding hydrogens is 585 g/mol. The lowest BCUT2D eigenvalue weighted by atomic mass is 10.0. The predicted molar refractivity (Wildman–Crippen MR) is 163 cm³/mol. The number of esters is 1. The van der Waals surface area contributed by atoms with Crippen LogP contribution in [0.4, 0.5) is 0 Å². The fourth-order valence-corrected chi connectivity index (χ4v) is 5.02. The zero-order valence-corrected chi connectivity index (χ0v) is 24.1. The Balaban J connectivity index is 1.36. The first-order chi connectivity index (χ1) is 19.7. The molecule has 0 aliphatic heterocycles. The molecule has 0 saturated carbocycles. The number of amides is 1. The summed E-state index contributed by atoms with van der Waals surface area (Å²) in [5, 5.41) is 6.10. The van der Waals surface area contributed by atoms with E-state index in [1.807, 2.05) is 43.3 Å². The molecule has 206 valence electrons. The largest absolute Gasteiger partial charge is 0.493 e. The van der Waals surface area contributed by atoms with E-state index in [1.54, 1.807) is 30.3 Å². The number of hydrogen-bond donors (Lipinski definition) is 2. The molecule has 5 aromatic rings. The number of aromatic nitrogens is 1. The van der Waals surface area contributed by atoms with Crippen LogP contribution in [-0.2, 0) is 0 Å². The van der Waals surface area contributed by atoms with Crippen molar-refractivity contribution in [1.82, 2.24) is 10.4 Å². The number of carbonyl (C=O) groups excluding carboxylic acids is 2. The van der Waals surface area contributed by atoms with Crippen LogP contribution >= 0.6 is 34.8 Å². The van der Waals surface area contributed by atoms with Crippen molar-refractivity contribution in [3.8, 4) is 22.6 Å². The average molecular weight is 607 g/mol. The number of aromatic amines is 1. The van der Waals surface area contributed by atoms with E-state index in [0.717, 1.165) is 22.0 Å². The van der Waals surface area contributed by atoms with E-state index in [-0.39, 0.29) is 22.1 Å². The second-order valence-electron chi connectivity index (χ2n) is 9.03. The summed E-state index contributed by atoms with van der Waals surface area (Å²) in [7, 11) is 1.44. The van der Waals surface area contributed by atoms with Gasteiger partial charge in [0.2, 0.25) is 0 Å². The normalized spacial score (nSPS) is 11.1. The zero-order valence-electron chi connectivity index (χ0n) is 21.8. The number of hydrazone groups is 1. The molecule has 1 heterocycles. The summed E-state index contributed by atoms with van der Waals surface area (Å²) >= 11 is 18.5. The van der Waals surface area contributed by atoms with Gasteiger partial charge in [-0.15, -0.1) is 0 Å². The van der Waals surface area contributed by atoms with Crippen molar-refractivity contribution < 1.29 is 19.1 Å². The van der Waals surface area contributed by atoms with E-state index >= 15 is 0 Å². The van der Waals surface area contributed by atoms with Gasteiger partial charge in [0.25, 0.3) is 5.91 Å². The fraction of sp³-hybridized carbons (Fsp3) is 0.0645. The molecule has 0 aliphatic rings. The number of aryl methyl sites for hydroxylation is 1. The number of methoxy groups -OCH3 is 1. The van der Waals surface area contributed by atoms with E-state index < -0.39 is 11.9 Å². The first kappa shape index (κ1) is 28.2. The van der Waals surface area contributed by atoms with Crippen LogP contribution in [0.2, 0.25) is 15.1 Å². The number of H-pyrrole nitrogens is 1. The maximum absolute atomic E-state index is 13.3. The molecule has 4 aromatic carbocycles. The molecule has 0 radical (unpaired) electrons. The minimum Gasteiger partial charge on any atom is -0.493 e. The minimum absolute atomic E-state index is 0.162. The number of hydrogen-bond acceptors (Lipinski definition) is 5. The predicted octanol–water partition coefficient (Wildman–Crippen LogP) is 8.10. The molecule has 1 amide bonds. The smallest absolute Gasteiger partial charge is 0.345 e. The second kappa shape index (κ2) is 12.1. The van der Waals surface area contributed by atoms with Crippen LogP contribution in [-0.4, -0.2) is 30.2 Å². The summed E-state index contributed by atoms with van der Waals surface area (Å²) in [5.74, 6) is -0.642. The molecule has 0 spiro atoms. The summed E-state index contributed by atoms with van der Waals surface area (Å²) in [4.78, 5) is 29.1. The van der Waals surface area contributed by atoms with Crippen molar-refractivity contribution in [2.45, 2.75) is 6.92 Å². The summed E-state index contributed by atoms with van der Waals surface area (Å²) < 4.78 is 10.9. The van der Waals surface area contributed by atoms with Gasteiger partial charge in [-0.1, -0.05) is 64.6 Å². The standard InChI is InChI=1S/C31H22Cl3N3O4/c1-17-7-11-25-22(13-17)28(20-5-3-4-6-23(20)33)29(36-25)30(38)37-35-16-18-8-12-26(27(14-18)40-2)41-31(39)21-10-9-19(32)15-24(21)34/h3-16,36H,1-2H3,(H,37,38). The zero-order chi connectivity index (χ0) is 29.1. The number of nitrogens with zero attached hydrogens (tertiary/aromatic N) is 1. The van der Waals surface area contributed by atoms with Crippen LogP contribution < -0.4 is 14.9 Å². The molecule has 10 heteroatoms. The van der Waals surface area contributed by atoms with Crippen molar-refractivity contribution in [2.24, 2.45) is 5.10 Å². The lowest BCUT2D eigenvalue weighted by Gasteiger charge is -2.10. The highest BCUT2D eigenvalue weighted by atomic mass is 35.5. The van der Waals surface area contributed by atoms with Gasteiger partial charge in [0.05, 0.1) is 23.9 Å². The number of carbonyl (C=O) groups is 2. The Labute approximate surface area is 250 Å². The summed E-state index contributed by atoms with van der Waals surface area (Å²) in [5.41, 5.74) is 6.93. The third-order valence-electron chi connectivity index (χ3n) is 6.25. The van der Waals surface area contributed by atoms with Gasteiger partial charge in [0.15, 0.2) is 11.5 Å². The van der Waals surface area contributed by atoms with Crippen molar-refractivity contribution in [3.05, 3.63) is 116 Å². The fourth-order valence-electron chi connectivity index (χ4n) is 4.30. The maximum atomic E-state index is 13.3. The summed E-state index contributed by atoms with van der Waals surface area (Å²) in [6, 6.07) is 22.6. The third-order valence-corrected chi connectivity index (χ3v) is 7.12. The third kappa shape index (κ3) is 6.07. The summed E-state index contributed by atoms with van der Waals surface area (Å²) in [6.45, 7) is 1.99. The molecule has 1 aromatic heterocycles. The van der Waals surface area contributed by atoms with Gasteiger partial charge in [-0.05, 0) is 67.1 Å². The Kier molecular flexibility index (Phi) is 8.31. The first-order valence-electron chi connectivity index (χ1n) is 12.3. The Morgan fingerprint density at radius 2 is 1.71 bits per heavy atom. The number of halogens is 3. The lowest BCUT2D eigenvalue weighted by Crippen LogP contribution is -2.19. The van der Waals surface area contributed by atoms with Gasteiger partial charge >= 0.3 is 5.97 Å². The average Bonchev–Trinajstić information content (AvgIpc) is 3.32. The van der Waals surface area contributed by atoms with Crippen molar-refractivity contribution in [2.75, 3.05) is 7.11 Å². The van der Waals surface area contributed by atoms with E-state index in [0.29, 0.717) is 26.9 Å². The van der Waals surface area contributed by atoms with Crippen molar-refractivity contribution in [3.63, 3.8) is 0 Å². The monoisotopic (exact) mass is 605 g/mol. The van der Waals surface area contributed by atoms with Crippen molar-refractivity contribution in [1.29, 1.82) is 0 Å². The number of nitrogens with one attached hydrogen (secondary N) is 2. The number of ether oxygens (including phenoxy) is 2. The van der Waals surface area contributed by atoms with Gasteiger partial charge in [-0.25, -0.2) is 10.2 Å². The summed E-state index contributed by atoms with van der Waals surface area (Å²) in [6.07, 6.45) is 1.45. The van der Waals surface area contributed by atoms with E-state index in [2.05, 4.69) is 15.5 Å². The van der Waals surface area contributed by atoms with E-state index in [9.17, 15) is 9.59 Å². The number of fused-ring (bicyclic) bond motifs is 1. The Hall–Kier alpha value is -4.30. The molecule has 2 N–H and O–H groups in total. The highest BCUT2D eigenvalue weighted by molar-refractivity contribution is 6.36. The van der Waals surface area contributed by atoms with Crippen molar-refractivity contribution >= 4 is 63.8 Å². The molecule has 0 fully saturated rings. The van der Waals surface area contributed by atoms with Crippen LogP contribution in [0.5, 0.6) is 11.5 Å². The van der Waals surface area contributed by atoms with Gasteiger partial charge in [-0.2, -0.15) is 5.10 Å². The highest BCUT2D eigenvalue weighted by Gasteiger charge is 2.21. The van der Waals surface area contributed by atoms with Gasteiger partial charge < -0.3 is 14.5 Å². The van der Waals surface area contributed by atoms with Crippen LogP contribution in [0.15, 0.2) is 84.0 Å². The topological polar surface area (TPSA) is 92.8 Å². The Bertz CT molecular complexity index is 1830. The molecular formula is C31H22Cl3N3O4. The molecule has 7 nitrogen and oxygen atoms in total. The number of benzene rings is 4.